The van der Waals surface area contributed by atoms with Gasteiger partial charge in [-0.1, -0.05) is 18.2 Å². The fraction of sp³-hybridized carbons (Fsp3) is 0.350. The van der Waals surface area contributed by atoms with Gasteiger partial charge in [0.25, 0.3) is 11.6 Å². The first-order valence-electron chi connectivity index (χ1n) is 8.98. The van der Waals surface area contributed by atoms with E-state index in [9.17, 15) is 14.9 Å². The minimum atomic E-state index is -0.467. The fourth-order valence-corrected chi connectivity index (χ4v) is 2.84. The number of carbonyl (C=O) groups is 1. The van der Waals surface area contributed by atoms with Gasteiger partial charge in [-0.15, -0.1) is 0 Å². The van der Waals surface area contributed by atoms with E-state index >= 15 is 0 Å². The summed E-state index contributed by atoms with van der Waals surface area (Å²) >= 11 is 0. The zero-order valence-corrected chi connectivity index (χ0v) is 15.5. The lowest BCUT2D eigenvalue weighted by Gasteiger charge is -2.12. The summed E-state index contributed by atoms with van der Waals surface area (Å²) in [7, 11) is 0. The van der Waals surface area contributed by atoms with E-state index in [1.807, 2.05) is 32.0 Å². The van der Waals surface area contributed by atoms with Gasteiger partial charge < -0.3 is 15.4 Å². The Morgan fingerprint density at radius 2 is 1.93 bits per heavy atom. The van der Waals surface area contributed by atoms with E-state index in [0.29, 0.717) is 24.9 Å². The number of para-hydroxylation sites is 1. The van der Waals surface area contributed by atoms with E-state index in [1.165, 1.54) is 6.07 Å². The Hall–Kier alpha value is -3.09. The van der Waals surface area contributed by atoms with Crippen LogP contribution in [-0.2, 0) is 0 Å². The summed E-state index contributed by atoms with van der Waals surface area (Å²) in [5.41, 5.74) is 2.71. The molecule has 2 N–H and O–H groups in total. The molecule has 1 saturated carbocycles. The average molecular weight is 369 g/mol. The first-order valence-corrected chi connectivity index (χ1v) is 8.98. The molecule has 0 saturated heterocycles. The summed E-state index contributed by atoms with van der Waals surface area (Å²) in [6.45, 7) is 4.57. The highest BCUT2D eigenvalue weighted by atomic mass is 16.6. The smallest absolute Gasteiger partial charge is 0.293 e. The van der Waals surface area contributed by atoms with Gasteiger partial charge in [0.2, 0.25) is 0 Å². The maximum Gasteiger partial charge on any atom is 0.293 e. The quantitative estimate of drug-likeness (QED) is 0.421. The molecule has 0 unspecified atom stereocenters. The monoisotopic (exact) mass is 369 g/mol. The second-order valence-corrected chi connectivity index (χ2v) is 6.73. The molecule has 2 aromatic carbocycles. The van der Waals surface area contributed by atoms with Gasteiger partial charge in [0.05, 0.1) is 11.5 Å². The largest absolute Gasteiger partial charge is 0.491 e. The van der Waals surface area contributed by atoms with Crippen molar-refractivity contribution >= 4 is 17.3 Å². The molecule has 1 fully saturated rings. The Labute approximate surface area is 157 Å². The fourth-order valence-electron chi connectivity index (χ4n) is 2.84. The van der Waals surface area contributed by atoms with Crippen LogP contribution >= 0.6 is 0 Å². The van der Waals surface area contributed by atoms with E-state index in [4.69, 9.17) is 4.74 Å². The number of nitrogens with one attached hydrogen (secondary N) is 2. The van der Waals surface area contributed by atoms with Crippen LogP contribution in [0.25, 0.3) is 0 Å². The molecular weight excluding hydrogens is 346 g/mol. The number of carbonyl (C=O) groups excluding carboxylic acids is 1. The van der Waals surface area contributed by atoms with Crippen molar-refractivity contribution in [2.75, 3.05) is 18.5 Å². The van der Waals surface area contributed by atoms with Crippen LogP contribution in [0.15, 0.2) is 36.4 Å². The summed E-state index contributed by atoms with van der Waals surface area (Å²) in [4.78, 5) is 23.1. The van der Waals surface area contributed by atoms with Crippen LogP contribution in [0.3, 0.4) is 0 Å². The summed E-state index contributed by atoms with van der Waals surface area (Å²) < 4.78 is 5.75. The van der Waals surface area contributed by atoms with Gasteiger partial charge in [0, 0.05) is 17.7 Å². The van der Waals surface area contributed by atoms with Crippen molar-refractivity contribution in [1.82, 2.24) is 5.32 Å². The Bertz CT molecular complexity index is 842. The number of rotatable bonds is 8. The average Bonchev–Trinajstić information content (AvgIpc) is 3.44. The van der Waals surface area contributed by atoms with Crippen molar-refractivity contribution in [1.29, 1.82) is 0 Å². The third kappa shape index (κ3) is 4.75. The molecule has 0 atom stereocenters. The number of nitrogens with zero attached hydrogens (tertiary/aromatic N) is 1. The van der Waals surface area contributed by atoms with Gasteiger partial charge in [-0.2, -0.15) is 0 Å². The highest BCUT2D eigenvalue weighted by molar-refractivity contribution is 5.95. The van der Waals surface area contributed by atoms with E-state index in [2.05, 4.69) is 10.6 Å². The standard InChI is InChI=1S/C20H23N3O4/c1-13-4-3-5-14(2)19(13)27-11-10-21-20(24)15-6-9-17(22-16-7-8-16)18(12-15)23(25)26/h3-6,9,12,16,22H,7-8,10-11H2,1-2H3,(H,21,24). The molecule has 142 valence electrons. The lowest BCUT2D eigenvalue weighted by Crippen LogP contribution is -2.28. The van der Waals surface area contributed by atoms with Crippen molar-refractivity contribution < 1.29 is 14.5 Å². The van der Waals surface area contributed by atoms with Gasteiger partial charge in [-0.05, 0) is 49.9 Å². The first kappa shape index (κ1) is 18.7. The van der Waals surface area contributed by atoms with Crippen LogP contribution < -0.4 is 15.4 Å². The molecule has 0 bridgehead atoms. The summed E-state index contributed by atoms with van der Waals surface area (Å²) in [5.74, 6) is 0.457. The third-order valence-electron chi connectivity index (χ3n) is 4.44. The molecule has 1 amide bonds. The Morgan fingerprint density at radius 3 is 2.56 bits per heavy atom. The van der Waals surface area contributed by atoms with Crippen molar-refractivity contribution in [2.24, 2.45) is 0 Å². The van der Waals surface area contributed by atoms with E-state index < -0.39 is 4.92 Å². The molecule has 2 aromatic rings. The summed E-state index contributed by atoms with van der Waals surface area (Å²) in [6, 6.07) is 10.7. The SMILES string of the molecule is Cc1cccc(C)c1OCCNC(=O)c1ccc(NC2CC2)c([N+](=O)[O-])c1. The molecule has 0 radical (unpaired) electrons. The predicted molar refractivity (Wildman–Crippen MR) is 103 cm³/mol. The number of benzene rings is 2. The number of hydrogen-bond acceptors (Lipinski definition) is 5. The number of hydrogen-bond donors (Lipinski definition) is 2. The van der Waals surface area contributed by atoms with Crippen molar-refractivity contribution in [3.63, 3.8) is 0 Å². The Balaban J connectivity index is 1.57. The molecule has 0 spiro atoms. The van der Waals surface area contributed by atoms with Crippen LogP contribution in [0.5, 0.6) is 5.75 Å². The van der Waals surface area contributed by atoms with Gasteiger partial charge in [0.15, 0.2) is 0 Å². The van der Waals surface area contributed by atoms with E-state index in [1.54, 1.807) is 12.1 Å². The van der Waals surface area contributed by atoms with Gasteiger partial charge in [-0.3, -0.25) is 14.9 Å². The predicted octanol–water partition coefficient (Wildman–Crippen LogP) is 3.59. The van der Waals surface area contributed by atoms with Gasteiger partial charge in [-0.25, -0.2) is 0 Å². The minimum absolute atomic E-state index is 0.0821. The third-order valence-corrected chi connectivity index (χ3v) is 4.44. The molecule has 0 heterocycles. The second-order valence-electron chi connectivity index (χ2n) is 6.73. The molecule has 1 aliphatic rings. The summed E-state index contributed by atoms with van der Waals surface area (Å²) in [6.07, 6.45) is 2.03. The molecule has 27 heavy (non-hydrogen) atoms. The molecule has 3 rings (SSSR count). The number of nitro benzene ring substituents is 1. The van der Waals surface area contributed by atoms with Crippen LogP contribution in [0, 0.1) is 24.0 Å². The molecular formula is C20H23N3O4. The molecule has 0 aromatic heterocycles. The highest BCUT2D eigenvalue weighted by Crippen LogP contribution is 2.31. The number of ether oxygens (including phenoxy) is 1. The zero-order valence-electron chi connectivity index (χ0n) is 15.5. The Kier molecular flexibility index (Phi) is 5.59. The normalized spacial score (nSPS) is 13.1. The van der Waals surface area contributed by atoms with Crippen LogP contribution in [-0.4, -0.2) is 30.0 Å². The second kappa shape index (κ2) is 8.07. The van der Waals surface area contributed by atoms with Crippen LogP contribution in [0.1, 0.15) is 34.3 Å². The topological polar surface area (TPSA) is 93.5 Å². The highest BCUT2D eigenvalue weighted by Gasteiger charge is 2.25. The van der Waals surface area contributed by atoms with Gasteiger partial charge in [0.1, 0.15) is 18.0 Å². The van der Waals surface area contributed by atoms with E-state index in [0.717, 1.165) is 29.7 Å². The molecule has 7 heteroatoms. The van der Waals surface area contributed by atoms with Crippen molar-refractivity contribution in [3.05, 3.63) is 63.2 Å². The van der Waals surface area contributed by atoms with Crippen LogP contribution in [0.4, 0.5) is 11.4 Å². The number of anilines is 1. The lowest BCUT2D eigenvalue weighted by molar-refractivity contribution is -0.384. The molecule has 0 aliphatic heterocycles. The van der Waals surface area contributed by atoms with Crippen molar-refractivity contribution in [2.45, 2.75) is 32.7 Å². The maximum atomic E-state index is 12.3. The minimum Gasteiger partial charge on any atom is -0.491 e. The Morgan fingerprint density at radius 1 is 1.22 bits per heavy atom. The lowest BCUT2D eigenvalue weighted by atomic mass is 10.1. The molecule has 1 aliphatic carbocycles. The molecule has 7 nitrogen and oxygen atoms in total. The maximum absolute atomic E-state index is 12.3. The first-order chi connectivity index (χ1) is 13.0. The number of amides is 1. The number of nitro groups is 1. The number of aryl methyl sites for hydroxylation is 2. The van der Waals surface area contributed by atoms with Crippen LogP contribution in [0.2, 0.25) is 0 Å². The zero-order chi connectivity index (χ0) is 19.4. The van der Waals surface area contributed by atoms with E-state index in [-0.39, 0.29) is 17.2 Å². The van der Waals surface area contributed by atoms with Gasteiger partial charge >= 0.3 is 0 Å². The summed E-state index contributed by atoms with van der Waals surface area (Å²) in [5, 5.41) is 17.2. The van der Waals surface area contributed by atoms with Crippen molar-refractivity contribution in [3.8, 4) is 5.75 Å².